The molecule has 6 N–H and O–H groups in total. The first-order chi connectivity index (χ1) is 22.7. The van der Waals surface area contributed by atoms with Crippen LogP contribution in [0, 0.1) is 5.41 Å². The van der Waals surface area contributed by atoms with Gasteiger partial charge in [-0.15, -0.1) is 0 Å². The largest absolute Gasteiger partial charge is 0.489 e. The van der Waals surface area contributed by atoms with Crippen LogP contribution < -0.4 is 15.4 Å². The number of nitrogens with one attached hydrogen (secondary N) is 2. The lowest BCUT2D eigenvalue weighted by atomic mass is 9.97. The van der Waals surface area contributed by atoms with E-state index in [0.717, 1.165) is 0 Å². The van der Waals surface area contributed by atoms with E-state index in [0.29, 0.717) is 37.8 Å². The number of benzene rings is 1. The highest BCUT2D eigenvalue weighted by Gasteiger charge is 2.47. The highest BCUT2D eigenvalue weighted by atomic mass is 16.6. The molecule has 16 nitrogen and oxygen atoms in total. The van der Waals surface area contributed by atoms with Crippen molar-refractivity contribution in [2.24, 2.45) is 5.41 Å². The number of nitrogens with zero attached hydrogens (tertiary/aromatic N) is 1. The molecule has 1 saturated heterocycles. The molecule has 2 heterocycles. The van der Waals surface area contributed by atoms with E-state index in [1.165, 1.54) is 23.1 Å². The maximum Gasteiger partial charge on any atom is 0.335 e. The average molecular weight is 680 g/mol. The van der Waals surface area contributed by atoms with Crippen molar-refractivity contribution in [2.45, 2.75) is 83.7 Å². The maximum atomic E-state index is 12.2. The van der Waals surface area contributed by atoms with Gasteiger partial charge in [0.05, 0.1) is 24.3 Å². The molecule has 1 aromatic carbocycles. The molecule has 5 atom stereocenters. The van der Waals surface area contributed by atoms with Gasteiger partial charge < -0.3 is 50.0 Å². The first-order valence-corrected chi connectivity index (χ1v) is 15.7. The van der Waals surface area contributed by atoms with Crippen LogP contribution >= 0.6 is 0 Å². The molecule has 0 radical (unpaired) electrons. The lowest BCUT2D eigenvalue weighted by Crippen LogP contribution is -2.61. The number of hydrogen-bond donors (Lipinski definition) is 6. The van der Waals surface area contributed by atoms with Crippen molar-refractivity contribution in [3.63, 3.8) is 0 Å². The number of aliphatic hydroxyl groups is 3. The second kappa shape index (κ2) is 17.9. The first kappa shape index (κ1) is 38.4. The van der Waals surface area contributed by atoms with E-state index in [1.54, 1.807) is 32.9 Å². The number of aliphatic hydroxyl groups excluding tert-OH is 3. The number of hydrogen-bond acceptors (Lipinski definition) is 13. The van der Waals surface area contributed by atoms with E-state index >= 15 is 0 Å². The van der Waals surface area contributed by atoms with Crippen molar-refractivity contribution in [3.8, 4) is 5.75 Å². The Balaban J connectivity index is 1.46. The Hall–Kier alpha value is -4.09. The Kier molecular flexibility index (Phi) is 14.3. The second-order valence-electron chi connectivity index (χ2n) is 12.4. The third kappa shape index (κ3) is 11.3. The summed E-state index contributed by atoms with van der Waals surface area (Å²) < 4.78 is 22.1. The van der Waals surface area contributed by atoms with Crippen molar-refractivity contribution in [2.75, 3.05) is 38.2 Å². The average Bonchev–Trinajstić information content (AvgIpc) is 3.35. The van der Waals surface area contributed by atoms with Crippen molar-refractivity contribution >= 4 is 35.3 Å². The minimum Gasteiger partial charge on any atom is -0.489 e. The molecule has 3 amide bonds. The summed E-state index contributed by atoms with van der Waals surface area (Å²) in [5.74, 6) is -2.51. The minimum atomic E-state index is -1.85. The fourth-order valence-electron chi connectivity index (χ4n) is 4.66. The van der Waals surface area contributed by atoms with Gasteiger partial charge in [0, 0.05) is 31.7 Å². The van der Waals surface area contributed by atoms with Gasteiger partial charge in [0.2, 0.25) is 5.91 Å². The number of carbonyl (C=O) groups is 5. The van der Waals surface area contributed by atoms with Crippen LogP contribution in [-0.2, 0) is 44.8 Å². The maximum absolute atomic E-state index is 12.2. The van der Waals surface area contributed by atoms with Gasteiger partial charge in [-0.25, -0.2) is 4.79 Å². The minimum absolute atomic E-state index is 0.0402. The Morgan fingerprint density at radius 2 is 1.65 bits per heavy atom. The molecule has 0 bridgehead atoms. The Morgan fingerprint density at radius 3 is 2.31 bits per heavy atom. The molecule has 16 heteroatoms. The monoisotopic (exact) mass is 679 g/mol. The third-order valence-corrected chi connectivity index (χ3v) is 7.42. The summed E-state index contributed by atoms with van der Waals surface area (Å²) in [7, 11) is 0. The zero-order chi connectivity index (χ0) is 35.4. The smallest absolute Gasteiger partial charge is 0.335 e. The summed E-state index contributed by atoms with van der Waals surface area (Å²) in [6.07, 6.45) is -3.88. The number of rotatable bonds is 18. The topological polar surface area (TPSA) is 230 Å². The van der Waals surface area contributed by atoms with E-state index in [-0.39, 0.29) is 62.1 Å². The van der Waals surface area contributed by atoms with E-state index in [2.05, 4.69) is 10.6 Å². The zero-order valence-electron chi connectivity index (χ0n) is 27.3. The molecule has 48 heavy (non-hydrogen) atoms. The van der Waals surface area contributed by atoms with Crippen LogP contribution in [0.1, 0.15) is 52.0 Å². The van der Waals surface area contributed by atoms with Gasteiger partial charge in [-0.2, -0.15) is 0 Å². The van der Waals surface area contributed by atoms with Gasteiger partial charge in [0.25, 0.3) is 11.8 Å². The number of unbranched alkanes of at least 4 members (excludes halogenated alkanes) is 2. The van der Waals surface area contributed by atoms with Gasteiger partial charge in [-0.05, 0) is 51.3 Å². The number of carboxylic acid groups (broad SMARTS) is 1. The summed E-state index contributed by atoms with van der Waals surface area (Å²) >= 11 is 0. The molecule has 0 spiro atoms. The normalized spacial score (nSPS) is 22.5. The molecule has 1 aromatic rings. The van der Waals surface area contributed by atoms with E-state index in [4.69, 9.17) is 18.9 Å². The van der Waals surface area contributed by atoms with Gasteiger partial charge in [0.15, 0.2) is 12.3 Å². The van der Waals surface area contributed by atoms with E-state index in [9.17, 15) is 44.4 Å². The van der Waals surface area contributed by atoms with Crippen LogP contribution in [0.3, 0.4) is 0 Å². The lowest BCUT2D eigenvalue weighted by molar-refractivity contribution is -0.221. The van der Waals surface area contributed by atoms with Crippen LogP contribution in [-0.4, -0.2) is 119 Å². The standard InChI is InChI=1S/C32H45N3O13/c1-32(2,3)31(44)47-18-19-8-9-20(34-29-27(41)25(39)26(40)28(48-29)30(42)43)21(17-19)46-16-15-45-14-12-33-22(36)7-5-4-6-13-35-23(37)10-11-24(35)38/h8-11,17,25-29,34,39-41H,4-7,12-16,18H2,1-3H3,(H,33,36)(H,42,43)/t25-,26-,27+,28-,29+/m0/s1. The molecule has 0 aliphatic carbocycles. The van der Waals surface area contributed by atoms with Crippen LogP contribution in [0.25, 0.3) is 0 Å². The van der Waals surface area contributed by atoms with Gasteiger partial charge in [-0.1, -0.05) is 12.5 Å². The highest BCUT2D eigenvalue weighted by Crippen LogP contribution is 2.31. The molecule has 0 aromatic heterocycles. The molecular weight excluding hydrogens is 634 g/mol. The van der Waals surface area contributed by atoms with Gasteiger partial charge >= 0.3 is 11.9 Å². The number of amides is 3. The molecule has 266 valence electrons. The Morgan fingerprint density at radius 1 is 0.938 bits per heavy atom. The quantitative estimate of drug-likeness (QED) is 0.0686. The van der Waals surface area contributed by atoms with Crippen molar-refractivity contribution in [1.29, 1.82) is 0 Å². The summed E-state index contributed by atoms with van der Waals surface area (Å²) in [6, 6.07) is 4.73. The fraction of sp³-hybridized carbons (Fsp3) is 0.594. The highest BCUT2D eigenvalue weighted by molar-refractivity contribution is 6.12. The molecule has 2 aliphatic rings. The number of esters is 1. The van der Waals surface area contributed by atoms with Gasteiger partial charge in [0.1, 0.15) is 37.3 Å². The van der Waals surface area contributed by atoms with Crippen LogP contribution in [0.5, 0.6) is 5.75 Å². The number of imide groups is 1. The van der Waals surface area contributed by atoms with Crippen LogP contribution in [0.4, 0.5) is 5.69 Å². The molecule has 0 unspecified atom stereocenters. The number of carbonyl (C=O) groups excluding carboxylic acids is 4. The van der Waals surface area contributed by atoms with Crippen LogP contribution in [0.2, 0.25) is 0 Å². The SMILES string of the molecule is CC(C)(C)C(=O)OCc1ccc(N[C@@H]2O[C@H](C(=O)O)[C@@H](O)[C@H](O)[C@H]2O)c(OCCOCCNC(=O)CCCCCN2C(=O)C=CC2=O)c1. The summed E-state index contributed by atoms with van der Waals surface area (Å²) in [6.45, 7) is 6.05. The van der Waals surface area contributed by atoms with Crippen molar-refractivity contribution in [1.82, 2.24) is 10.2 Å². The van der Waals surface area contributed by atoms with Gasteiger partial charge in [-0.3, -0.25) is 24.1 Å². The van der Waals surface area contributed by atoms with E-state index < -0.39 is 48.0 Å². The molecular formula is C32H45N3O13. The van der Waals surface area contributed by atoms with Crippen LogP contribution in [0.15, 0.2) is 30.4 Å². The third-order valence-electron chi connectivity index (χ3n) is 7.42. The number of ether oxygens (including phenoxy) is 4. The molecule has 1 fully saturated rings. The second-order valence-corrected chi connectivity index (χ2v) is 12.4. The Labute approximate surface area is 278 Å². The summed E-state index contributed by atoms with van der Waals surface area (Å²) in [5, 5.41) is 45.5. The van der Waals surface area contributed by atoms with Crippen molar-refractivity contribution < 1.29 is 63.3 Å². The zero-order valence-corrected chi connectivity index (χ0v) is 27.3. The van der Waals surface area contributed by atoms with Crippen molar-refractivity contribution in [3.05, 3.63) is 35.9 Å². The Bertz CT molecular complexity index is 1310. The predicted molar refractivity (Wildman–Crippen MR) is 167 cm³/mol. The number of anilines is 1. The lowest BCUT2D eigenvalue weighted by Gasteiger charge is -2.39. The molecule has 0 saturated carbocycles. The summed E-state index contributed by atoms with van der Waals surface area (Å²) in [4.78, 5) is 60.1. The molecule has 3 rings (SSSR count). The fourth-order valence-corrected chi connectivity index (χ4v) is 4.66. The summed E-state index contributed by atoms with van der Waals surface area (Å²) in [5.41, 5.74) is 0.102. The number of carboxylic acids is 1. The molecule has 2 aliphatic heterocycles. The predicted octanol–water partition coefficient (Wildman–Crippen LogP) is 0.0770. The number of aliphatic carboxylic acids is 1. The first-order valence-electron chi connectivity index (χ1n) is 15.7. The van der Waals surface area contributed by atoms with E-state index in [1.807, 2.05) is 0 Å².